The van der Waals surface area contributed by atoms with Gasteiger partial charge < -0.3 is 20.5 Å². The van der Waals surface area contributed by atoms with Gasteiger partial charge in [-0.05, 0) is 37.6 Å². The van der Waals surface area contributed by atoms with Crippen molar-refractivity contribution in [2.45, 2.75) is 19.4 Å². The molecular formula is C14H18N2O4. The van der Waals surface area contributed by atoms with Gasteiger partial charge in [-0.2, -0.15) is 0 Å². The minimum absolute atomic E-state index is 0.0156. The molecule has 20 heavy (non-hydrogen) atoms. The SMILES string of the molecule is Cc1cc(C(=O)O)ccc1NC(=O)COC1(C)CNC1. The molecule has 3 N–H and O–H groups in total. The summed E-state index contributed by atoms with van der Waals surface area (Å²) in [5.74, 6) is -1.23. The Morgan fingerprint density at radius 2 is 2.15 bits per heavy atom. The van der Waals surface area contributed by atoms with E-state index in [1.807, 2.05) is 6.92 Å². The van der Waals surface area contributed by atoms with Crippen LogP contribution in [0.2, 0.25) is 0 Å². The highest BCUT2D eigenvalue weighted by Gasteiger charge is 2.33. The maximum Gasteiger partial charge on any atom is 0.335 e. The van der Waals surface area contributed by atoms with E-state index in [9.17, 15) is 9.59 Å². The van der Waals surface area contributed by atoms with Gasteiger partial charge in [-0.3, -0.25) is 4.79 Å². The van der Waals surface area contributed by atoms with E-state index in [2.05, 4.69) is 10.6 Å². The minimum Gasteiger partial charge on any atom is -0.478 e. The van der Waals surface area contributed by atoms with Crippen molar-refractivity contribution in [2.24, 2.45) is 0 Å². The standard InChI is InChI=1S/C14H18N2O4/c1-9-5-10(13(18)19)3-4-11(9)16-12(17)6-20-14(2)7-15-8-14/h3-5,15H,6-8H2,1-2H3,(H,16,17)(H,18,19). The zero-order valence-electron chi connectivity index (χ0n) is 11.5. The van der Waals surface area contributed by atoms with E-state index < -0.39 is 5.97 Å². The summed E-state index contributed by atoms with van der Waals surface area (Å²) in [7, 11) is 0. The topological polar surface area (TPSA) is 87.7 Å². The molecule has 0 saturated carbocycles. The Morgan fingerprint density at radius 3 is 2.65 bits per heavy atom. The van der Waals surface area contributed by atoms with Crippen LogP contribution in [0.1, 0.15) is 22.8 Å². The van der Waals surface area contributed by atoms with Crippen molar-refractivity contribution in [1.82, 2.24) is 5.32 Å². The second-order valence-electron chi connectivity index (χ2n) is 5.23. The number of amides is 1. The average molecular weight is 278 g/mol. The van der Waals surface area contributed by atoms with Crippen LogP contribution in [0.5, 0.6) is 0 Å². The molecule has 1 fully saturated rings. The lowest BCUT2D eigenvalue weighted by Crippen LogP contribution is -2.59. The maximum atomic E-state index is 11.8. The molecule has 0 spiro atoms. The summed E-state index contributed by atoms with van der Waals surface area (Å²) in [5.41, 5.74) is 1.24. The van der Waals surface area contributed by atoms with Crippen LogP contribution < -0.4 is 10.6 Å². The number of aryl methyl sites for hydroxylation is 1. The summed E-state index contributed by atoms with van der Waals surface area (Å²) in [6.45, 7) is 5.17. The molecule has 1 aromatic rings. The fourth-order valence-corrected chi connectivity index (χ4v) is 1.94. The molecule has 0 aromatic heterocycles. The number of carboxylic acids is 1. The van der Waals surface area contributed by atoms with Gasteiger partial charge in [0.1, 0.15) is 6.61 Å². The number of anilines is 1. The molecule has 1 aromatic carbocycles. The Hall–Kier alpha value is -1.92. The highest BCUT2D eigenvalue weighted by Crippen LogP contribution is 2.18. The van der Waals surface area contributed by atoms with Crippen molar-refractivity contribution >= 4 is 17.6 Å². The molecule has 108 valence electrons. The summed E-state index contributed by atoms with van der Waals surface area (Å²) in [5, 5.41) is 14.7. The smallest absolute Gasteiger partial charge is 0.335 e. The fraction of sp³-hybridized carbons (Fsp3) is 0.429. The van der Waals surface area contributed by atoms with Crippen LogP contribution >= 0.6 is 0 Å². The quantitative estimate of drug-likeness (QED) is 0.748. The number of carbonyl (C=O) groups excluding carboxylic acids is 1. The number of hydrogen-bond acceptors (Lipinski definition) is 4. The molecule has 6 nitrogen and oxygen atoms in total. The first-order valence-corrected chi connectivity index (χ1v) is 6.38. The van der Waals surface area contributed by atoms with Crippen LogP contribution in [0.3, 0.4) is 0 Å². The number of carboxylic acid groups (broad SMARTS) is 1. The van der Waals surface area contributed by atoms with Gasteiger partial charge >= 0.3 is 5.97 Å². The van der Waals surface area contributed by atoms with Gasteiger partial charge in [-0.25, -0.2) is 4.79 Å². The summed E-state index contributed by atoms with van der Waals surface area (Å²) >= 11 is 0. The predicted molar refractivity (Wildman–Crippen MR) is 74.0 cm³/mol. The third kappa shape index (κ3) is 3.34. The number of rotatable bonds is 5. The van der Waals surface area contributed by atoms with E-state index in [0.717, 1.165) is 13.1 Å². The monoisotopic (exact) mass is 278 g/mol. The van der Waals surface area contributed by atoms with E-state index >= 15 is 0 Å². The van der Waals surface area contributed by atoms with Crippen molar-refractivity contribution in [3.05, 3.63) is 29.3 Å². The van der Waals surface area contributed by atoms with E-state index in [-0.39, 0.29) is 23.7 Å². The van der Waals surface area contributed by atoms with Crippen molar-refractivity contribution < 1.29 is 19.4 Å². The lowest BCUT2D eigenvalue weighted by Gasteiger charge is -2.38. The van der Waals surface area contributed by atoms with E-state index in [0.29, 0.717) is 11.3 Å². The summed E-state index contributed by atoms with van der Waals surface area (Å²) in [4.78, 5) is 22.6. The van der Waals surface area contributed by atoms with Crippen LogP contribution in [-0.2, 0) is 9.53 Å². The van der Waals surface area contributed by atoms with Gasteiger partial charge in [-0.15, -0.1) is 0 Å². The number of benzene rings is 1. The lowest BCUT2D eigenvalue weighted by atomic mass is 10.0. The maximum absolute atomic E-state index is 11.8. The highest BCUT2D eigenvalue weighted by atomic mass is 16.5. The molecule has 1 aliphatic heterocycles. The number of carbonyl (C=O) groups is 2. The fourth-order valence-electron chi connectivity index (χ4n) is 1.94. The molecule has 0 unspecified atom stereocenters. The van der Waals surface area contributed by atoms with Crippen LogP contribution in [0.15, 0.2) is 18.2 Å². The first kappa shape index (κ1) is 14.5. The first-order chi connectivity index (χ1) is 9.39. The van der Waals surface area contributed by atoms with Crippen molar-refractivity contribution in [3.63, 3.8) is 0 Å². The molecule has 6 heteroatoms. The van der Waals surface area contributed by atoms with Crippen molar-refractivity contribution in [2.75, 3.05) is 25.0 Å². The molecule has 1 amide bonds. The summed E-state index contributed by atoms with van der Waals surface area (Å²) < 4.78 is 5.53. The van der Waals surface area contributed by atoms with Gasteiger partial charge in [0.05, 0.1) is 11.2 Å². The van der Waals surface area contributed by atoms with Gasteiger partial charge in [0, 0.05) is 18.8 Å². The van der Waals surface area contributed by atoms with Gasteiger partial charge in [0.15, 0.2) is 0 Å². The molecule has 1 aliphatic rings. The third-order valence-electron chi connectivity index (χ3n) is 3.30. The number of ether oxygens (including phenoxy) is 1. The Balaban J connectivity index is 1.92. The molecule has 0 bridgehead atoms. The molecule has 1 heterocycles. The van der Waals surface area contributed by atoms with Crippen molar-refractivity contribution in [3.8, 4) is 0 Å². The summed E-state index contributed by atoms with van der Waals surface area (Å²) in [6.07, 6.45) is 0. The Labute approximate surface area is 117 Å². The van der Waals surface area contributed by atoms with E-state index in [4.69, 9.17) is 9.84 Å². The van der Waals surface area contributed by atoms with Crippen molar-refractivity contribution in [1.29, 1.82) is 0 Å². The lowest BCUT2D eigenvalue weighted by molar-refractivity contribution is -0.130. The second kappa shape index (κ2) is 5.60. The second-order valence-corrected chi connectivity index (χ2v) is 5.23. The normalized spacial score (nSPS) is 16.3. The molecule has 2 rings (SSSR count). The average Bonchev–Trinajstić information content (AvgIpc) is 2.36. The van der Waals surface area contributed by atoms with Crippen LogP contribution in [-0.4, -0.2) is 42.3 Å². The largest absolute Gasteiger partial charge is 0.478 e. The molecule has 0 radical (unpaired) electrons. The van der Waals surface area contributed by atoms with E-state index in [1.165, 1.54) is 12.1 Å². The number of nitrogens with one attached hydrogen (secondary N) is 2. The Kier molecular flexibility index (Phi) is 4.06. The third-order valence-corrected chi connectivity index (χ3v) is 3.30. The molecule has 1 saturated heterocycles. The Morgan fingerprint density at radius 1 is 1.45 bits per heavy atom. The highest BCUT2D eigenvalue weighted by molar-refractivity contribution is 5.94. The molecule has 0 aliphatic carbocycles. The van der Waals surface area contributed by atoms with E-state index in [1.54, 1.807) is 13.0 Å². The zero-order chi connectivity index (χ0) is 14.8. The minimum atomic E-state index is -0.986. The zero-order valence-corrected chi connectivity index (χ0v) is 11.5. The molecular weight excluding hydrogens is 260 g/mol. The number of hydrogen-bond donors (Lipinski definition) is 3. The van der Waals surface area contributed by atoms with Crippen LogP contribution in [0, 0.1) is 6.92 Å². The number of aromatic carboxylic acids is 1. The van der Waals surface area contributed by atoms with Gasteiger partial charge in [0.2, 0.25) is 5.91 Å². The predicted octanol–water partition coefficient (Wildman–Crippen LogP) is 1.01. The van der Waals surface area contributed by atoms with Gasteiger partial charge in [-0.1, -0.05) is 0 Å². The molecule has 0 atom stereocenters. The van der Waals surface area contributed by atoms with Crippen LogP contribution in [0.4, 0.5) is 5.69 Å². The first-order valence-electron chi connectivity index (χ1n) is 6.38. The van der Waals surface area contributed by atoms with Crippen LogP contribution in [0.25, 0.3) is 0 Å². The summed E-state index contributed by atoms with van der Waals surface area (Å²) in [6, 6.07) is 4.57. The van der Waals surface area contributed by atoms with Gasteiger partial charge in [0.25, 0.3) is 0 Å². The Bertz CT molecular complexity index is 538.